The molecular weight excluding hydrogens is 462 g/mol. The molecule has 0 heterocycles. The molecule has 36 heavy (non-hydrogen) atoms. The third-order valence-corrected chi connectivity index (χ3v) is 5.69. The Morgan fingerprint density at radius 2 is 1.36 bits per heavy atom. The van der Waals surface area contributed by atoms with Crippen molar-refractivity contribution in [1.29, 1.82) is 0 Å². The molecule has 0 radical (unpaired) electrons. The number of hydrogen-bond donors (Lipinski definition) is 5. The molecule has 0 aromatic heterocycles. The molecule has 0 saturated carbocycles. The van der Waals surface area contributed by atoms with Gasteiger partial charge in [0.2, 0.25) is 17.7 Å². The smallest absolute Gasteiger partial charge is 0.312 e. The average Bonchev–Trinajstić information content (AvgIpc) is 2.73. The summed E-state index contributed by atoms with van der Waals surface area (Å²) in [5.41, 5.74) is 4.65. The van der Waals surface area contributed by atoms with Crippen LogP contribution in [0.5, 0.6) is 0 Å². The summed E-state index contributed by atoms with van der Waals surface area (Å²) in [4.78, 5) is 61.4. The third-order valence-electron chi connectivity index (χ3n) is 5.69. The van der Waals surface area contributed by atoms with Gasteiger partial charge in [-0.2, -0.15) is 0 Å². The highest BCUT2D eigenvalue weighted by Crippen LogP contribution is 2.20. The largest absolute Gasteiger partial charge is 0.354 e. The summed E-state index contributed by atoms with van der Waals surface area (Å²) in [5.74, 6) is -1.12. The van der Waals surface area contributed by atoms with Crippen LogP contribution in [0.4, 0.5) is 4.79 Å². The molecule has 6 N–H and O–H groups in total. The van der Waals surface area contributed by atoms with Gasteiger partial charge in [0.15, 0.2) is 0 Å². The van der Waals surface area contributed by atoms with Gasteiger partial charge < -0.3 is 27.0 Å². The van der Waals surface area contributed by atoms with Gasteiger partial charge in [-0.1, -0.05) is 55.4 Å². The minimum Gasteiger partial charge on any atom is -0.354 e. The Morgan fingerprint density at radius 3 is 1.86 bits per heavy atom. The highest BCUT2D eigenvalue weighted by Gasteiger charge is 2.29. The van der Waals surface area contributed by atoms with Gasteiger partial charge in [-0.25, -0.2) is 4.79 Å². The van der Waals surface area contributed by atoms with E-state index in [-0.39, 0.29) is 41.9 Å². The van der Waals surface area contributed by atoms with Crippen molar-refractivity contribution in [3.63, 3.8) is 0 Å². The number of Topliss-reactive ketones (excluding diaryl/α,β-unsaturated/α-hetero) is 1. The van der Waals surface area contributed by atoms with Crippen molar-refractivity contribution in [3.05, 3.63) is 0 Å². The van der Waals surface area contributed by atoms with Crippen LogP contribution >= 0.6 is 0 Å². The normalized spacial score (nSPS) is 13.5. The number of rotatable bonds is 15. The second-order valence-corrected chi connectivity index (χ2v) is 11.9. The Balaban J connectivity index is 5.14. The molecule has 0 rings (SSSR count). The molecular formula is C26H49N5O5. The first-order chi connectivity index (χ1) is 16.4. The standard InChI is InChI=1S/C26H49N5O5/c1-17(2)21(31-20(33)13-14-25(3,4)5)23(35)30-18(11-9-16-29-24(27)36)22(34)28-15-10-12-19(32)26(6,7)8/h17-18,21H,9-16H2,1-8H3,(H,28,34)(H,30,35)(H,31,33)(H3,27,29,36)/t18-,21-/m0/s1. The Hall–Kier alpha value is -2.65. The van der Waals surface area contributed by atoms with Gasteiger partial charge in [0.25, 0.3) is 0 Å². The summed E-state index contributed by atoms with van der Waals surface area (Å²) in [6, 6.07) is -2.32. The molecule has 0 aliphatic carbocycles. The number of carbonyl (C=O) groups excluding carboxylic acids is 5. The van der Waals surface area contributed by atoms with E-state index in [9.17, 15) is 24.0 Å². The van der Waals surface area contributed by atoms with Crippen molar-refractivity contribution < 1.29 is 24.0 Å². The van der Waals surface area contributed by atoms with Gasteiger partial charge in [0.1, 0.15) is 17.9 Å². The van der Waals surface area contributed by atoms with Gasteiger partial charge in [-0.05, 0) is 37.0 Å². The van der Waals surface area contributed by atoms with Gasteiger partial charge in [-0.3, -0.25) is 19.2 Å². The van der Waals surface area contributed by atoms with Crippen molar-refractivity contribution in [2.24, 2.45) is 22.5 Å². The van der Waals surface area contributed by atoms with E-state index >= 15 is 0 Å². The van der Waals surface area contributed by atoms with Crippen molar-refractivity contribution in [2.45, 2.75) is 106 Å². The Morgan fingerprint density at radius 1 is 0.778 bits per heavy atom. The molecule has 0 fully saturated rings. The van der Waals surface area contributed by atoms with E-state index in [2.05, 4.69) is 21.3 Å². The highest BCUT2D eigenvalue weighted by molar-refractivity contribution is 5.92. The number of carbonyl (C=O) groups is 5. The molecule has 5 amide bonds. The van der Waals surface area contributed by atoms with Crippen molar-refractivity contribution in [1.82, 2.24) is 21.3 Å². The van der Waals surface area contributed by atoms with Gasteiger partial charge in [-0.15, -0.1) is 0 Å². The van der Waals surface area contributed by atoms with E-state index in [4.69, 9.17) is 5.73 Å². The molecule has 0 saturated heterocycles. The lowest BCUT2D eigenvalue weighted by molar-refractivity contribution is -0.133. The first-order valence-corrected chi connectivity index (χ1v) is 12.9. The fraction of sp³-hybridized carbons (Fsp3) is 0.808. The Bertz CT molecular complexity index is 753. The van der Waals surface area contributed by atoms with E-state index in [1.54, 1.807) is 0 Å². The number of urea groups is 1. The average molecular weight is 512 g/mol. The number of ketones is 1. The molecule has 0 spiro atoms. The molecule has 0 aromatic carbocycles. The number of amides is 5. The van der Waals surface area contributed by atoms with Crippen molar-refractivity contribution in [2.75, 3.05) is 13.1 Å². The SMILES string of the molecule is CC(C)[C@H](NC(=O)CCC(C)(C)C)C(=O)N[C@@H](CCCNC(N)=O)C(=O)NCCCC(=O)C(C)(C)C. The molecule has 0 aromatic rings. The van der Waals surface area contributed by atoms with Crippen LogP contribution in [0, 0.1) is 16.7 Å². The molecule has 0 aliphatic heterocycles. The lowest BCUT2D eigenvalue weighted by Crippen LogP contribution is -2.55. The monoisotopic (exact) mass is 511 g/mol. The van der Waals surface area contributed by atoms with Crippen LogP contribution in [0.15, 0.2) is 0 Å². The first kappa shape index (κ1) is 33.4. The summed E-state index contributed by atoms with van der Waals surface area (Å²) in [6.45, 7) is 15.9. The van der Waals surface area contributed by atoms with Crippen LogP contribution in [0.25, 0.3) is 0 Å². The van der Waals surface area contributed by atoms with Crippen LogP contribution in [-0.2, 0) is 19.2 Å². The molecule has 0 bridgehead atoms. The van der Waals surface area contributed by atoms with E-state index in [1.807, 2.05) is 55.4 Å². The third kappa shape index (κ3) is 15.4. The lowest BCUT2D eigenvalue weighted by atomic mass is 9.88. The maximum atomic E-state index is 13.1. The van der Waals surface area contributed by atoms with Crippen LogP contribution in [-0.4, -0.2) is 54.7 Å². The zero-order valence-corrected chi connectivity index (χ0v) is 23.5. The van der Waals surface area contributed by atoms with Crippen LogP contribution in [0.2, 0.25) is 0 Å². The molecule has 10 heteroatoms. The summed E-state index contributed by atoms with van der Waals surface area (Å²) >= 11 is 0. The lowest BCUT2D eigenvalue weighted by Gasteiger charge is -2.26. The second-order valence-electron chi connectivity index (χ2n) is 11.9. The number of primary amides is 1. The minimum absolute atomic E-state index is 0.00739. The van der Waals surface area contributed by atoms with E-state index in [1.165, 1.54) is 0 Å². The zero-order valence-electron chi connectivity index (χ0n) is 23.5. The Kier molecular flexibility index (Phi) is 14.3. The quantitative estimate of drug-likeness (QED) is 0.213. The van der Waals surface area contributed by atoms with Crippen molar-refractivity contribution >= 4 is 29.5 Å². The van der Waals surface area contributed by atoms with Gasteiger partial charge in [0, 0.05) is 31.3 Å². The van der Waals surface area contributed by atoms with E-state index in [0.717, 1.165) is 0 Å². The van der Waals surface area contributed by atoms with Crippen LogP contribution in [0.3, 0.4) is 0 Å². The fourth-order valence-corrected chi connectivity index (χ4v) is 3.28. The highest BCUT2D eigenvalue weighted by atomic mass is 16.2. The van der Waals surface area contributed by atoms with E-state index in [0.29, 0.717) is 38.6 Å². The molecule has 2 atom stereocenters. The van der Waals surface area contributed by atoms with Gasteiger partial charge in [0.05, 0.1) is 0 Å². The molecule has 208 valence electrons. The second kappa shape index (κ2) is 15.5. The molecule has 0 aliphatic rings. The Labute approximate surface area is 216 Å². The topological polar surface area (TPSA) is 159 Å². The molecule has 10 nitrogen and oxygen atoms in total. The van der Waals surface area contributed by atoms with Crippen molar-refractivity contribution in [3.8, 4) is 0 Å². The predicted octanol–water partition coefficient (Wildman–Crippen LogP) is 2.40. The summed E-state index contributed by atoms with van der Waals surface area (Å²) in [5, 5.41) is 10.8. The number of nitrogens with one attached hydrogen (secondary N) is 4. The first-order valence-electron chi connectivity index (χ1n) is 12.9. The minimum atomic E-state index is -0.863. The maximum Gasteiger partial charge on any atom is 0.312 e. The molecule has 0 unspecified atom stereocenters. The number of hydrogen-bond acceptors (Lipinski definition) is 5. The number of nitrogens with two attached hydrogens (primary N) is 1. The van der Waals surface area contributed by atoms with E-state index < -0.39 is 29.4 Å². The fourth-order valence-electron chi connectivity index (χ4n) is 3.28. The zero-order chi connectivity index (χ0) is 28.1. The van der Waals surface area contributed by atoms with Gasteiger partial charge >= 0.3 is 6.03 Å². The summed E-state index contributed by atoms with van der Waals surface area (Å²) in [7, 11) is 0. The van der Waals surface area contributed by atoms with Crippen LogP contribution < -0.4 is 27.0 Å². The maximum absolute atomic E-state index is 13.1. The summed E-state index contributed by atoms with van der Waals surface area (Å²) in [6.07, 6.45) is 2.50. The predicted molar refractivity (Wildman–Crippen MR) is 141 cm³/mol. The van der Waals surface area contributed by atoms with Crippen LogP contribution in [0.1, 0.15) is 93.9 Å². The summed E-state index contributed by atoms with van der Waals surface area (Å²) < 4.78 is 0.